The predicted molar refractivity (Wildman–Crippen MR) is 129 cm³/mol. The van der Waals surface area contributed by atoms with Crippen molar-refractivity contribution in [2.45, 2.75) is 98.8 Å². The third-order valence-electron chi connectivity index (χ3n) is 6.13. The third kappa shape index (κ3) is 5.69. The van der Waals surface area contributed by atoms with Crippen LogP contribution in [0.25, 0.3) is 0 Å². The molecule has 0 amide bonds. The van der Waals surface area contributed by atoms with Gasteiger partial charge in [-0.1, -0.05) is 27.7 Å². The van der Waals surface area contributed by atoms with Crippen molar-refractivity contribution >= 4 is 26.6 Å². The van der Waals surface area contributed by atoms with Crippen LogP contribution in [0.4, 0.5) is 0 Å². The van der Waals surface area contributed by atoms with Crippen LogP contribution in [0, 0.1) is 5.41 Å². The predicted octanol–water partition coefficient (Wildman–Crippen LogP) is 2.46. The van der Waals surface area contributed by atoms with Crippen molar-refractivity contribution in [3.63, 3.8) is 0 Å². The van der Waals surface area contributed by atoms with E-state index in [-0.39, 0.29) is 5.49 Å². The van der Waals surface area contributed by atoms with Crippen molar-refractivity contribution in [1.82, 2.24) is 4.57 Å². The van der Waals surface area contributed by atoms with E-state index in [0.717, 1.165) is 0 Å². The molecule has 0 saturated carbocycles. The van der Waals surface area contributed by atoms with E-state index < -0.39 is 43.7 Å². The maximum absolute atomic E-state index is 10.6. The first-order valence-electron chi connectivity index (χ1n) is 11.5. The van der Waals surface area contributed by atoms with Crippen molar-refractivity contribution in [3.05, 3.63) is 23.8 Å². The number of hydrogen-bond donors (Lipinski definition) is 2. The molecule has 0 radical (unpaired) electrons. The second-order valence-electron chi connectivity index (χ2n) is 9.11. The Kier molecular flexibility index (Phi) is 9.45. The molecule has 1 atom stereocenters. The first-order chi connectivity index (χ1) is 14.7. The summed E-state index contributed by atoms with van der Waals surface area (Å²) < 4.78 is 31.7. The summed E-state index contributed by atoms with van der Waals surface area (Å²) in [5, 5.41) is 18.5. The highest BCUT2D eigenvalue weighted by molar-refractivity contribution is 7.11. The van der Waals surface area contributed by atoms with E-state index in [2.05, 4.69) is 0 Å². The fourth-order valence-electron chi connectivity index (χ4n) is 3.09. The molecule has 2 saturated heterocycles. The van der Waals surface area contributed by atoms with Crippen LogP contribution in [0.2, 0.25) is 0 Å². The lowest BCUT2D eigenvalue weighted by atomic mass is 9.49. The molecular weight excluding hydrogens is 409 g/mol. The Morgan fingerprint density at radius 2 is 1.31 bits per heavy atom. The van der Waals surface area contributed by atoms with Gasteiger partial charge in [-0.05, 0) is 66.1 Å². The summed E-state index contributed by atoms with van der Waals surface area (Å²) in [7, 11) is -1.06. The molecule has 1 unspecified atom stereocenters. The molecule has 2 aliphatic heterocycles. The first kappa shape index (κ1) is 28.9. The van der Waals surface area contributed by atoms with Crippen molar-refractivity contribution in [2.75, 3.05) is 0 Å². The summed E-state index contributed by atoms with van der Waals surface area (Å²) in [6.07, 6.45) is 1.69. The van der Waals surface area contributed by atoms with Gasteiger partial charge in [-0.15, -0.1) is 0 Å². The average molecular weight is 450 g/mol. The van der Waals surface area contributed by atoms with Crippen LogP contribution in [0.3, 0.4) is 0 Å². The number of aromatic nitrogens is 1. The Morgan fingerprint density at radius 3 is 1.78 bits per heavy atom. The smallest absolute Gasteiger partial charge is 0.423 e. The molecule has 2 N–H and O–H groups in total. The van der Waals surface area contributed by atoms with Crippen LogP contribution in [-0.4, -0.2) is 53.3 Å². The number of pyridine rings is 1. The van der Waals surface area contributed by atoms with Gasteiger partial charge in [0.15, 0.2) is 5.79 Å². The monoisotopic (exact) mass is 450 g/mol. The Labute approximate surface area is 194 Å². The van der Waals surface area contributed by atoms with Gasteiger partial charge >= 0.3 is 21.1 Å². The fourth-order valence-corrected chi connectivity index (χ4v) is 3.09. The summed E-state index contributed by atoms with van der Waals surface area (Å²) in [6, 6.07) is 3.24. The summed E-state index contributed by atoms with van der Waals surface area (Å²) in [4.78, 5) is 0. The SMILES string of the molecule is CC.CC.Cn1ccc(B(O)OC2(C)OB(B3OC(C)(C)C(C)(C)O3)OC2(C)C)cc1=N. The molecule has 1 aromatic heterocycles. The van der Waals surface area contributed by atoms with Gasteiger partial charge < -0.3 is 32.9 Å². The summed E-state index contributed by atoms with van der Waals surface area (Å²) in [6.45, 7) is 21.2. The number of aryl methyl sites for hydroxylation is 1. The van der Waals surface area contributed by atoms with Crippen molar-refractivity contribution in [2.24, 2.45) is 7.05 Å². The molecule has 32 heavy (non-hydrogen) atoms. The highest BCUT2D eigenvalue weighted by Gasteiger charge is 2.66. The van der Waals surface area contributed by atoms with E-state index >= 15 is 0 Å². The molecule has 3 heterocycles. The fraction of sp³-hybridized carbons (Fsp3) is 0.762. The lowest BCUT2D eigenvalue weighted by molar-refractivity contribution is -0.164. The molecule has 11 heteroatoms. The van der Waals surface area contributed by atoms with Crippen LogP contribution in [0.5, 0.6) is 0 Å². The minimum atomic E-state index is -1.28. The molecule has 3 rings (SSSR count). The highest BCUT2D eigenvalue weighted by Crippen LogP contribution is 2.43. The standard InChI is InChI=1S/C17H29B3N2O6.2C2H6/c1-14(2)15(3,4)25-19(24-14)20-26-16(5,6)17(7,28-20)27-18(23)12-9-10-22(8)13(21)11-12;2*1-2/h9-11,21,23H,1-8H3;2*1-2H3. The van der Waals surface area contributed by atoms with E-state index in [1.807, 2.05) is 69.2 Å². The highest BCUT2D eigenvalue weighted by atomic mass is 16.8. The molecule has 2 fully saturated rings. The molecule has 0 bridgehead atoms. The molecule has 0 aromatic carbocycles. The van der Waals surface area contributed by atoms with Crippen LogP contribution in [0.15, 0.2) is 18.3 Å². The van der Waals surface area contributed by atoms with E-state index in [0.29, 0.717) is 5.46 Å². The van der Waals surface area contributed by atoms with Gasteiger partial charge in [-0.3, -0.25) is 5.41 Å². The number of rotatable bonds is 4. The number of hydrogen-bond acceptors (Lipinski definition) is 7. The second-order valence-corrected chi connectivity index (χ2v) is 9.11. The van der Waals surface area contributed by atoms with Gasteiger partial charge in [0.05, 0.1) is 16.8 Å². The molecule has 0 aliphatic carbocycles. The zero-order valence-electron chi connectivity index (χ0n) is 21.9. The van der Waals surface area contributed by atoms with Gasteiger partial charge in [-0.2, -0.15) is 0 Å². The lowest BCUT2D eigenvalue weighted by Gasteiger charge is -2.37. The van der Waals surface area contributed by atoms with E-state index in [9.17, 15) is 5.02 Å². The van der Waals surface area contributed by atoms with Crippen molar-refractivity contribution in [3.8, 4) is 0 Å². The number of nitrogens with one attached hydrogen (secondary N) is 1. The Balaban J connectivity index is 0.00000121. The number of nitrogens with zero attached hydrogens (tertiary/aromatic N) is 1. The van der Waals surface area contributed by atoms with E-state index in [1.165, 1.54) is 0 Å². The van der Waals surface area contributed by atoms with Gasteiger partial charge in [0, 0.05) is 13.2 Å². The van der Waals surface area contributed by atoms with Crippen molar-refractivity contribution < 1.29 is 28.3 Å². The van der Waals surface area contributed by atoms with Gasteiger partial charge in [0.2, 0.25) is 0 Å². The van der Waals surface area contributed by atoms with E-state index in [1.54, 1.807) is 36.9 Å². The van der Waals surface area contributed by atoms with Gasteiger partial charge in [0.25, 0.3) is 0 Å². The third-order valence-corrected chi connectivity index (χ3v) is 6.13. The minimum absolute atomic E-state index is 0.253. The maximum Gasteiger partial charge on any atom is 0.493 e. The molecule has 1 aromatic rings. The van der Waals surface area contributed by atoms with Crippen LogP contribution in [-0.2, 0) is 30.3 Å². The average Bonchev–Trinajstić information content (AvgIpc) is 3.08. The molecule has 0 spiro atoms. The molecule has 180 valence electrons. The lowest BCUT2D eigenvalue weighted by Crippen LogP contribution is -2.53. The largest absolute Gasteiger partial charge is 0.493 e. The normalized spacial score (nSPS) is 24.9. The van der Waals surface area contributed by atoms with Crippen LogP contribution < -0.4 is 11.0 Å². The van der Waals surface area contributed by atoms with Crippen LogP contribution >= 0.6 is 0 Å². The Hall–Kier alpha value is -1.10. The van der Waals surface area contributed by atoms with Gasteiger partial charge in [-0.25, -0.2) is 0 Å². The zero-order chi connectivity index (χ0) is 25.1. The summed E-state index contributed by atoms with van der Waals surface area (Å²) in [5.74, 6) is -1.26. The maximum atomic E-state index is 10.6. The molecule has 8 nitrogen and oxygen atoms in total. The van der Waals surface area contributed by atoms with Gasteiger partial charge in [0.1, 0.15) is 5.49 Å². The van der Waals surface area contributed by atoms with Crippen LogP contribution in [0.1, 0.15) is 76.2 Å². The Morgan fingerprint density at radius 1 is 0.875 bits per heavy atom. The molecular formula is C21H41B3N2O6. The minimum Gasteiger partial charge on any atom is -0.423 e. The topological polar surface area (TPSA) is 95.2 Å². The second kappa shape index (κ2) is 10.4. The Bertz CT molecular complexity index is 801. The van der Waals surface area contributed by atoms with Crippen molar-refractivity contribution in [1.29, 1.82) is 5.41 Å². The summed E-state index contributed by atoms with van der Waals surface area (Å²) in [5.41, 5.74) is -1.20. The quantitative estimate of drug-likeness (QED) is 0.685. The first-order valence-corrected chi connectivity index (χ1v) is 11.5. The zero-order valence-corrected chi connectivity index (χ0v) is 21.9. The van der Waals surface area contributed by atoms with E-state index in [4.69, 9.17) is 28.7 Å². The molecule has 2 aliphatic rings. The summed E-state index contributed by atoms with van der Waals surface area (Å²) >= 11 is 0.